The van der Waals surface area contributed by atoms with E-state index in [-0.39, 0.29) is 10.7 Å². The van der Waals surface area contributed by atoms with Gasteiger partial charge in [-0.3, -0.25) is 0 Å². The van der Waals surface area contributed by atoms with Gasteiger partial charge in [0.05, 0.1) is 11.1 Å². The van der Waals surface area contributed by atoms with Gasteiger partial charge in [-0.05, 0) is 25.1 Å². The zero-order valence-electron chi connectivity index (χ0n) is 7.99. The third-order valence-electron chi connectivity index (χ3n) is 2.15. The van der Waals surface area contributed by atoms with Crippen molar-refractivity contribution in [3.05, 3.63) is 40.5 Å². The van der Waals surface area contributed by atoms with Crippen LogP contribution in [0, 0.1) is 6.92 Å². The third-order valence-corrected chi connectivity index (χ3v) is 2.44. The van der Waals surface area contributed by atoms with E-state index >= 15 is 0 Å². The maximum absolute atomic E-state index is 10.8. The van der Waals surface area contributed by atoms with Crippen molar-refractivity contribution in [3.8, 4) is 0 Å². The molecule has 0 amide bonds. The first-order chi connectivity index (χ1) is 7.08. The lowest BCUT2D eigenvalue weighted by molar-refractivity contribution is 0.0697. The highest BCUT2D eigenvalue weighted by atomic mass is 35.5. The molecule has 0 atom stereocenters. The molecule has 0 bridgehead atoms. The number of aromatic carboxylic acids is 1. The first kappa shape index (κ1) is 9.93. The molecular formula is C11H8ClNO2. The van der Waals surface area contributed by atoms with Crippen molar-refractivity contribution in [2.75, 3.05) is 0 Å². The second kappa shape index (κ2) is 3.51. The van der Waals surface area contributed by atoms with E-state index in [0.717, 1.165) is 10.9 Å². The number of halogens is 1. The van der Waals surface area contributed by atoms with Gasteiger partial charge in [-0.2, -0.15) is 0 Å². The summed E-state index contributed by atoms with van der Waals surface area (Å²) in [7, 11) is 0. The number of benzene rings is 1. The van der Waals surface area contributed by atoms with Gasteiger partial charge < -0.3 is 5.11 Å². The lowest BCUT2D eigenvalue weighted by Gasteiger charge is -2.02. The van der Waals surface area contributed by atoms with Crippen molar-refractivity contribution in [1.82, 2.24) is 4.98 Å². The summed E-state index contributed by atoms with van der Waals surface area (Å²) in [6, 6.07) is 7.15. The van der Waals surface area contributed by atoms with E-state index in [1.807, 2.05) is 25.1 Å². The largest absolute Gasteiger partial charge is 0.478 e. The number of aryl methyl sites for hydroxylation is 1. The van der Waals surface area contributed by atoms with E-state index < -0.39 is 5.97 Å². The zero-order chi connectivity index (χ0) is 11.0. The lowest BCUT2D eigenvalue weighted by atomic mass is 10.1. The second-order valence-electron chi connectivity index (χ2n) is 3.33. The second-order valence-corrected chi connectivity index (χ2v) is 3.69. The quantitative estimate of drug-likeness (QED) is 0.754. The average Bonchev–Trinajstić information content (AvgIpc) is 2.17. The van der Waals surface area contributed by atoms with Crippen LogP contribution in [-0.2, 0) is 0 Å². The Morgan fingerprint density at radius 1 is 1.40 bits per heavy atom. The zero-order valence-corrected chi connectivity index (χ0v) is 8.75. The Balaban J connectivity index is 2.77. The van der Waals surface area contributed by atoms with Crippen LogP contribution in [0.2, 0.25) is 5.15 Å². The normalized spacial score (nSPS) is 10.5. The van der Waals surface area contributed by atoms with Crippen molar-refractivity contribution in [2.24, 2.45) is 0 Å². The number of pyridine rings is 1. The van der Waals surface area contributed by atoms with Crippen LogP contribution < -0.4 is 0 Å². The van der Waals surface area contributed by atoms with Gasteiger partial charge >= 0.3 is 5.97 Å². The van der Waals surface area contributed by atoms with Crippen LogP contribution in [0.25, 0.3) is 10.9 Å². The number of hydrogen-bond acceptors (Lipinski definition) is 2. The summed E-state index contributed by atoms with van der Waals surface area (Å²) in [5, 5.41) is 9.69. The number of rotatable bonds is 1. The Hall–Kier alpha value is -1.61. The predicted octanol–water partition coefficient (Wildman–Crippen LogP) is 2.89. The molecule has 0 radical (unpaired) electrons. The van der Waals surface area contributed by atoms with E-state index in [1.54, 1.807) is 6.07 Å². The van der Waals surface area contributed by atoms with Crippen LogP contribution in [0.3, 0.4) is 0 Å². The van der Waals surface area contributed by atoms with Crippen molar-refractivity contribution >= 4 is 28.5 Å². The summed E-state index contributed by atoms with van der Waals surface area (Å²) in [6.45, 7) is 1.94. The summed E-state index contributed by atoms with van der Waals surface area (Å²) in [5.41, 5.74) is 1.80. The average molecular weight is 222 g/mol. The van der Waals surface area contributed by atoms with E-state index in [0.29, 0.717) is 5.52 Å². The SMILES string of the molecule is Cc1ccc2nc(Cl)c(C(=O)O)cc2c1. The van der Waals surface area contributed by atoms with Gasteiger partial charge in [-0.15, -0.1) is 0 Å². The summed E-state index contributed by atoms with van der Waals surface area (Å²) in [6.07, 6.45) is 0. The molecule has 0 spiro atoms. The highest BCUT2D eigenvalue weighted by molar-refractivity contribution is 6.32. The molecule has 1 heterocycles. The van der Waals surface area contributed by atoms with Gasteiger partial charge in [-0.1, -0.05) is 23.2 Å². The standard InChI is InChI=1S/C11H8ClNO2/c1-6-2-3-9-7(4-6)5-8(11(14)15)10(12)13-9/h2-5H,1H3,(H,14,15). The molecule has 15 heavy (non-hydrogen) atoms. The smallest absolute Gasteiger partial charge is 0.338 e. The van der Waals surface area contributed by atoms with Gasteiger partial charge in [0.1, 0.15) is 5.15 Å². The van der Waals surface area contributed by atoms with E-state index in [9.17, 15) is 4.79 Å². The molecule has 2 aromatic rings. The fraction of sp³-hybridized carbons (Fsp3) is 0.0909. The van der Waals surface area contributed by atoms with E-state index in [1.165, 1.54) is 0 Å². The molecule has 76 valence electrons. The summed E-state index contributed by atoms with van der Waals surface area (Å²) in [5.74, 6) is -1.06. The molecule has 1 N–H and O–H groups in total. The number of carboxylic acids is 1. The first-order valence-corrected chi connectivity index (χ1v) is 4.76. The molecule has 4 heteroatoms. The molecule has 0 saturated heterocycles. The molecule has 0 aliphatic rings. The fourth-order valence-corrected chi connectivity index (χ4v) is 1.65. The fourth-order valence-electron chi connectivity index (χ4n) is 1.42. The summed E-state index contributed by atoms with van der Waals surface area (Å²) >= 11 is 5.75. The van der Waals surface area contributed by atoms with Crippen LogP contribution in [-0.4, -0.2) is 16.1 Å². The van der Waals surface area contributed by atoms with Gasteiger partial charge in [0.25, 0.3) is 0 Å². The number of nitrogens with zero attached hydrogens (tertiary/aromatic N) is 1. The molecule has 0 fully saturated rings. The Labute approximate surface area is 91.3 Å². The van der Waals surface area contributed by atoms with Gasteiger partial charge in [-0.25, -0.2) is 9.78 Å². The number of carbonyl (C=O) groups is 1. The monoisotopic (exact) mass is 221 g/mol. The molecule has 2 rings (SSSR count). The van der Waals surface area contributed by atoms with Crippen molar-refractivity contribution in [3.63, 3.8) is 0 Å². The number of fused-ring (bicyclic) bond motifs is 1. The van der Waals surface area contributed by atoms with Gasteiger partial charge in [0.15, 0.2) is 0 Å². The third kappa shape index (κ3) is 1.78. The van der Waals surface area contributed by atoms with Crippen LogP contribution in [0.15, 0.2) is 24.3 Å². The van der Waals surface area contributed by atoms with Crippen LogP contribution in [0.1, 0.15) is 15.9 Å². The van der Waals surface area contributed by atoms with Crippen molar-refractivity contribution in [2.45, 2.75) is 6.92 Å². The van der Waals surface area contributed by atoms with Crippen LogP contribution >= 0.6 is 11.6 Å². The lowest BCUT2D eigenvalue weighted by Crippen LogP contribution is -1.99. The van der Waals surface area contributed by atoms with Crippen molar-refractivity contribution < 1.29 is 9.90 Å². The van der Waals surface area contributed by atoms with Gasteiger partial charge in [0.2, 0.25) is 0 Å². The Morgan fingerprint density at radius 2 is 2.13 bits per heavy atom. The highest BCUT2D eigenvalue weighted by Gasteiger charge is 2.11. The topological polar surface area (TPSA) is 50.2 Å². The Bertz CT molecular complexity index is 552. The maximum Gasteiger partial charge on any atom is 0.338 e. The Morgan fingerprint density at radius 3 is 2.80 bits per heavy atom. The predicted molar refractivity (Wildman–Crippen MR) is 58.4 cm³/mol. The minimum absolute atomic E-state index is 0.0267. The molecule has 0 aliphatic carbocycles. The highest BCUT2D eigenvalue weighted by Crippen LogP contribution is 2.21. The molecule has 3 nitrogen and oxygen atoms in total. The van der Waals surface area contributed by atoms with Crippen LogP contribution in [0.4, 0.5) is 0 Å². The van der Waals surface area contributed by atoms with E-state index in [4.69, 9.17) is 16.7 Å². The first-order valence-electron chi connectivity index (χ1n) is 4.38. The van der Waals surface area contributed by atoms with E-state index in [2.05, 4.69) is 4.98 Å². The molecular weight excluding hydrogens is 214 g/mol. The molecule has 0 aliphatic heterocycles. The minimum atomic E-state index is -1.06. The maximum atomic E-state index is 10.8. The van der Waals surface area contributed by atoms with Gasteiger partial charge in [0, 0.05) is 5.39 Å². The molecule has 0 unspecified atom stereocenters. The molecule has 0 saturated carbocycles. The van der Waals surface area contributed by atoms with Crippen LogP contribution in [0.5, 0.6) is 0 Å². The summed E-state index contributed by atoms with van der Waals surface area (Å²) < 4.78 is 0. The molecule has 1 aromatic carbocycles. The number of carboxylic acid groups (broad SMARTS) is 1. The molecule has 1 aromatic heterocycles. The Kier molecular flexibility index (Phi) is 2.32. The summed E-state index contributed by atoms with van der Waals surface area (Å²) in [4.78, 5) is 14.8. The number of hydrogen-bond donors (Lipinski definition) is 1. The number of aromatic nitrogens is 1. The minimum Gasteiger partial charge on any atom is -0.478 e. The van der Waals surface area contributed by atoms with Crippen molar-refractivity contribution in [1.29, 1.82) is 0 Å².